The molecule has 1 aromatic rings. The van der Waals surface area contributed by atoms with Crippen LogP contribution in [0.2, 0.25) is 0 Å². The van der Waals surface area contributed by atoms with Crippen LogP contribution in [0.1, 0.15) is 0 Å². The van der Waals surface area contributed by atoms with Gasteiger partial charge >= 0.3 is 15.6 Å². The highest BCUT2D eigenvalue weighted by Crippen LogP contribution is 2.44. The average molecular weight is 345 g/mol. The number of hydrogen-bond donors (Lipinski definition) is 5. The van der Waals surface area contributed by atoms with Gasteiger partial charge in [0.05, 0.1) is 4.92 Å². The molecular weight excluding hydrogens is 336 g/mol. The number of rotatable bonds is 7. The topological polar surface area (TPSA) is 202 Å². The van der Waals surface area contributed by atoms with Gasteiger partial charge in [-0.05, 0) is 6.07 Å². The molecule has 0 atom stereocenters. The predicted molar refractivity (Wildman–Crippen MR) is 64.6 cm³/mol. The quantitative estimate of drug-likeness (QED) is 0.190. The zero-order valence-electron chi connectivity index (χ0n) is 9.84. The van der Waals surface area contributed by atoms with E-state index >= 15 is 0 Å². The first-order valence-electron chi connectivity index (χ1n) is 4.81. The number of nitro groups is 1. The van der Waals surface area contributed by atoms with Crippen LogP contribution in [0.15, 0.2) is 18.3 Å². The van der Waals surface area contributed by atoms with Crippen LogP contribution in [0.4, 0.5) is 11.5 Å². The Morgan fingerprint density at radius 3 is 2.05 bits per heavy atom. The molecule has 0 bridgehead atoms. The molecule has 0 spiro atoms. The van der Waals surface area contributed by atoms with Gasteiger partial charge in [0.1, 0.15) is 12.0 Å². The van der Waals surface area contributed by atoms with Crippen LogP contribution < -0.4 is 5.32 Å². The Labute approximate surface area is 116 Å². The van der Waals surface area contributed by atoms with Gasteiger partial charge in [-0.1, -0.05) is 0 Å². The predicted octanol–water partition coefficient (Wildman–Crippen LogP) is -0.0961. The van der Waals surface area contributed by atoms with E-state index in [9.17, 15) is 19.2 Å². The van der Waals surface area contributed by atoms with E-state index in [1.54, 1.807) is 0 Å². The van der Waals surface area contributed by atoms with Gasteiger partial charge in [0, 0.05) is 6.07 Å². The molecule has 1 rings (SSSR count). The summed E-state index contributed by atoms with van der Waals surface area (Å²) in [5, 5.41) is 12.4. The molecule has 0 aliphatic heterocycles. The molecule has 0 amide bonds. The second-order valence-electron chi connectivity index (χ2n) is 3.33. The number of hydrogen-bond acceptors (Lipinski definition) is 8. The molecule has 1 aromatic heterocycles. The minimum absolute atomic E-state index is 0.243. The van der Waals surface area contributed by atoms with Gasteiger partial charge in [-0.25, -0.2) is 23.2 Å². The van der Waals surface area contributed by atoms with Gasteiger partial charge in [0.25, 0.3) is 12.1 Å². The molecule has 0 aromatic carbocycles. The Morgan fingerprint density at radius 2 is 1.71 bits per heavy atom. The largest absolute Gasteiger partial charge is 0.473 e. The third-order valence-corrected chi connectivity index (χ3v) is 2.62. The maximum absolute atomic E-state index is 10.7. The van der Waals surface area contributed by atoms with Crippen LogP contribution in [0.5, 0.6) is 0 Å². The van der Waals surface area contributed by atoms with Crippen LogP contribution in [-0.2, 0) is 18.2 Å². The van der Waals surface area contributed by atoms with Crippen molar-refractivity contribution in [2.24, 2.45) is 0 Å². The van der Waals surface area contributed by atoms with Crippen molar-refractivity contribution in [3.63, 3.8) is 0 Å². The molecule has 0 unspecified atom stereocenters. The molecule has 0 aliphatic rings. The summed E-state index contributed by atoms with van der Waals surface area (Å²) in [7, 11) is -10.3. The van der Waals surface area contributed by atoms with Gasteiger partial charge in [0.15, 0.2) is 0 Å². The summed E-state index contributed by atoms with van der Waals surface area (Å²) in [4.78, 5) is 47.5. The van der Waals surface area contributed by atoms with Gasteiger partial charge < -0.3 is 24.9 Å². The third-order valence-electron chi connectivity index (χ3n) is 1.69. The monoisotopic (exact) mass is 345 g/mol. The second kappa shape index (κ2) is 6.56. The minimum Gasteiger partial charge on any atom is -0.321 e. The zero-order chi connectivity index (χ0) is 16.3. The van der Waals surface area contributed by atoms with E-state index < -0.39 is 27.0 Å². The second-order valence-corrected chi connectivity index (χ2v) is 5.71. The molecule has 1 heterocycles. The van der Waals surface area contributed by atoms with Crippen LogP contribution >= 0.6 is 15.6 Å². The van der Waals surface area contributed by atoms with Gasteiger partial charge in [-0.3, -0.25) is 10.1 Å². The Kier molecular flexibility index (Phi) is 5.50. The van der Waals surface area contributed by atoms with E-state index in [2.05, 4.69) is 14.0 Å². The van der Waals surface area contributed by atoms with E-state index in [0.717, 1.165) is 18.3 Å². The van der Waals surface area contributed by atoms with Crippen molar-refractivity contribution in [3.05, 3.63) is 28.4 Å². The Bertz CT molecular complexity index is 569. The summed E-state index contributed by atoms with van der Waals surface area (Å²) in [5.74, 6) is -0.243. The molecule has 0 saturated carbocycles. The summed E-state index contributed by atoms with van der Waals surface area (Å²) < 4.78 is 29.2. The van der Waals surface area contributed by atoms with Crippen molar-refractivity contribution in [2.45, 2.75) is 6.41 Å². The van der Waals surface area contributed by atoms with E-state index in [4.69, 9.17) is 19.6 Å². The summed E-state index contributed by atoms with van der Waals surface area (Å²) in [6.07, 6.45) is -1.44. The minimum atomic E-state index is -5.14. The van der Waals surface area contributed by atoms with E-state index in [-0.39, 0.29) is 11.5 Å². The highest BCUT2D eigenvalue weighted by atomic mass is 31.2. The lowest BCUT2D eigenvalue weighted by Crippen LogP contribution is -2.25. The normalized spacial score (nSPS) is 12.4. The van der Waals surface area contributed by atoms with Crippen molar-refractivity contribution in [2.75, 3.05) is 5.32 Å². The lowest BCUT2D eigenvalue weighted by Gasteiger charge is -2.20. The number of phosphoric ester groups is 2. The Balaban J connectivity index is 2.87. The summed E-state index contributed by atoms with van der Waals surface area (Å²) in [6.45, 7) is 0. The van der Waals surface area contributed by atoms with Crippen molar-refractivity contribution in [3.8, 4) is 0 Å². The Hall–Kier alpha value is -1.43. The number of phosphoric acid groups is 2. The van der Waals surface area contributed by atoms with Crippen molar-refractivity contribution in [1.29, 1.82) is 0 Å². The molecule has 0 saturated heterocycles. The van der Waals surface area contributed by atoms with E-state index in [1.807, 2.05) is 5.32 Å². The first-order valence-corrected chi connectivity index (χ1v) is 7.87. The fourth-order valence-electron chi connectivity index (χ4n) is 1.02. The first-order chi connectivity index (χ1) is 9.46. The van der Waals surface area contributed by atoms with Crippen LogP contribution in [0, 0.1) is 10.1 Å². The lowest BCUT2D eigenvalue weighted by molar-refractivity contribution is -0.385. The number of aromatic nitrogens is 1. The number of nitrogens with zero attached hydrogens (tertiary/aromatic N) is 2. The zero-order valence-corrected chi connectivity index (χ0v) is 11.6. The third kappa shape index (κ3) is 7.22. The fraction of sp³-hybridized carbons (Fsp3) is 0.167. The van der Waals surface area contributed by atoms with Crippen LogP contribution in [0.3, 0.4) is 0 Å². The molecule has 0 aliphatic carbocycles. The maximum atomic E-state index is 10.7. The SMILES string of the molecule is O=[N+]([O-])c1ccc(NC(OP(=O)(O)O)OP(=O)(O)O)nc1. The van der Waals surface area contributed by atoms with Crippen molar-refractivity contribution < 1.29 is 42.7 Å². The van der Waals surface area contributed by atoms with Crippen LogP contribution in [0.25, 0.3) is 0 Å². The molecule has 5 N–H and O–H groups in total. The fourth-order valence-corrected chi connectivity index (χ4v) is 1.78. The molecular formula is C6H9N3O10P2. The maximum Gasteiger partial charge on any atom is 0.473 e. The van der Waals surface area contributed by atoms with Crippen molar-refractivity contribution in [1.82, 2.24) is 4.98 Å². The molecule has 118 valence electrons. The van der Waals surface area contributed by atoms with Gasteiger partial charge in [0.2, 0.25) is 0 Å². The smallest absolute Gasteiger partial charge is 0.321 e. The first kappa shape index (κ1) is 17.6. The summed E-state index contributed by atoms with van der Waals surface area (Å²) in [5.41, 5.74) is -0.371. The molecule has 15 heteroatoms. The molecule has 13 nitrogen and oxygen atoms in total. The van der Waals surface area contributed by atoms with E-state index in [1.165, 1.54) is 0 Å². The molecule has 21 heavy (non-hydrogen) atoms. The highest BCUT2D eigenvalue weighted by Gasteiger charge is 2.29. The standard InChI is InChI=1S/C6H9N3O10P2/c10-9(11)4-1-2-5(7-3-4)8-6(18-20(12,13)14)19-21(15,16)17/h1-3,6H,(H,7,8)(H2,12,13,14)(H2,15,16,17). The molecule has 0 fully saturated rings. The van der Waals surface area contributed by atoms with Crippen molar-refractivity contribution >= 4 is 27.2 Å². The summed E-state index contributed by atoms with van der Waals surface area (Å²) >= 11 is 0. The lowest BCUT2D eigenvalue weighted by atomic mass is 10.4. The molecule has 0 radical (unpaired) electrons. The number of pyridine rings is 1. The number of anilines is 1. The summed E-state index contributed by atoms with van der Waals surface area (Å²) in [6, 6.07) is 2.00. The van der Waals surface area contributed by atoms with E-state index in [0.29, 0.717) is 0 Å². The number of nitrogens with one attached hydrogen (secondary N) is 1. The van der Waals surface area contributed by atoms with Crippen LogP contribution in [-0.4, -0.2) is 35.9 Å². The Morgan fingerprint density at radius 1 is 1.19 bits per heavy atom. The average Bonchev–Trinajstić information content (AvgIpc) is 2.24. The van der Waals surface area contributed by atoms with Gasteiger partial charge in [-0.15, -0.1) is 0 Å². The van der Waals surface area contributed by atoms with Gasteiger partial charge in [-0.2, -0.15) is 0 Å². The highest BCUT2D eigenvalue weighted by molar-refractivity contribution is 7.47.